The molecule has 0 unspecified atom stereocenters. The third kappa shape index (κ3) is 7.09. The molecule has 9 heteroatoms. The number of nitrogens with one attached hydrogen (secondary N) is 1. The van der Waals surface area contributed by atoms with E-state index >= 15 is 0 Å². The molecule has 2 aromatic rings. The van der Waals surface area contributed by atoms with E-state index in [2.05, 4.69) is 29.0 Å². The van der Waals surface area contributed by atoms with Crippen LogP contribution < -0.4 is 10.1 Å². The van der Waals surface area contributed by atoms with Crippen molar-refractivity contribution in [2.45, 2.75) is 64.6 Å². The Morgan fingerprint density at radius 3 is 2.70 bits per heavy atom. The molecule has 1 aliphatic heterocycles. The Labute approximate surface area is 224 Å². The van der Waals surface area contributed by atoms with Crippen LogP contribution in [0.5, 0.6) is 5.75 Å². The summed E-state index contributed by atoms with van der Waals surface area (Å²) >= 11 is 1.65. The minimum absolute atomic E-state index is 0.0517. The number of nitrogens with zero attached hydrogens (tertiary/aromatic N) is 3. The fraction of sp³-hybridized carbons (Fsp3) is 0.607. The van der Waals surface area contributed by atoms with Crippen LogP contribution >= 0.6 is 11.3 Å². The lowest BCUT2D eigenvalue weighted by Gasteiger charge is -2.35. The first-order valence-corrected chi connectivity index (χ1v) is 14.2. The Hall–Kier alpha value is -2.49. The molecule has 2 heterocycles. The molecule has 1 saturated carbocycles. The highest BCUT2D eigenvalue weighted by atomic mass is 32.1. The third-order valence-corrected chi connectivity index (χ3v) is 8.41. The number of thiazole rings is 1. The Balaban J connectivity index is 1.59. The van der Waals surface area contributed by atoms with Gasteiger partial charge in [0.15, 0.2) is 0 Å². The summed E-state index contributed by atoms with van der Waals surface area (Å²) in [6.45, 7) is 6.68. The Morgan fingerprint density at radius 2 is 2.00 bits per heavy atom. The van der Waals surface area contributed by atoms with E-state index in [4.69, 9.17) is 9.47 Å². The average Bonchev–Trinajstić information content (AvgIpc) is 3.42. The number of methoxy groups -OCH3 is 1. The van der Waals surface area contributed by atoms with Crippen molar-refractivity contribution in [1.29, 1.82) is 0 Å². The van der Waals surface area contributed by atoms with Crippen LogP contribution in [0, 0.1) is 11.8 Å². The van der Waals surface area contributed by atoms with Gasteiger partial charge in [0.25, 0.3) is 5.91 Å². The van der Waals surface area contributed by atoms with E-state index in [0.29, 0.717) is 30.2 Å². The second-order valence-electron chi connectivity index (χ2n) is 10.5. The highest BCUT2D eigenvalue weighted by molar-refractivity contribution is 7.09. The number of amides is 2. The molecule has 2 aliphatic rings. The standard InChI is InChI=1S/C28H40N4O4S/c1-19-15-32(17-26-29-12-13-37-26)20(2)18-36-24-14-22(30-27(33)21-8-6-5-7-9-21)10-11-23(24)28(34)31(3)16-25(19)35-4/h10-14,19-21,25H,5-9,15-18H2,1-4H3,(H,30,33)/t19-,20+,25+/m1/s1. The number of rotatable bonds is 5. The van der Waals surface area contributed by atoms with Crippen LogP contribution in [0.25, 0.3) is 0 Å². The second-order valence-corrected chi connectivity index (χ2v) is 11.5. The summed E-state index contributed by atoms with van der Waals surface area (Å²) in [6, 6.07) is 5.43. The maximum Gasteiger partial charge on any atom is 0.257 e. The van der Waals surface area contributed by atoms with Gasteiger partial charge >= 0.3 is 0 Å². The Bertz CT molecular complexity index is 1040. The minimum Gasteiger partial charge on any atom is -0.491 e. The first-order chi connectivity index (χ1) is 17.9. The van der Waals surface area contributed by atoms with Crippen molar-refractivity contribution in [3.63, 3.8) is 0 Å². The first-order valence-electron chi connectivity index (χ1n) is 13.3. The third-order valence-electron chi connectivity index (χ3n) is 7.64. The second kappa shape index (κ2) is 12.8. The number of carbonyl (C=O) groups is 2. The van der Waals surface area contributed by atoms with Crippen molar-refractivity contribution in [1.82, 2.24) is 14.8 Å². The van der Waals surface area contributed by atoms with Gasteiger partial charge in [-0.1, -0.05) is 26.2 Å². The van der Waals surface area contributed by atoms with Gasteiger partial charge in [0.1, 0.15) is 17.4 Å². The molecule has 1 N–H and O–H groups in total. The number of benzene rings is 1. The predicted molar refractivity (Wildman–Crippen MR) is 146 cm³/mol. The summed E-state index contributed by atoms with van der Waals surface area (Å²) in [7, 11) is 3.50. The number of fused-ring (bicyclic) bond motifs is 1. The van der Waals surface area contributed by atoms with Gasteiger partial charge in [-0.15, -0.1) is 11.3 Å². The minimum atomic E-state index is -0.123. The van der Waals surface area contributed by atoms with Crippen LogP contribution in [-0.2, 0) is 16.1 Å². The van der Waals surface area contributed by atoms with Gasteiger partial charge in [-0.2, -0.15) is 0 Å². The highest BCUT2D eigenvalue weighted by Crippen LogP contribution is 2.29. The number of anilines is 1. The van der Waals surface area contributed by atoms with Crippen molar-refractivity contribution >= 4 is 28.8 Å². The van der Waals surface area contributed by atoms with Crippen LogP contribution in [0.4, 0.5) is 5.69 Å². The smallest absolute Gasteiger partial charge is 0.257 e. The molecule has 8 nitrogen and oxygen atoms in total. The lowest BCUT2D eigenvalue weighted by Crippen LogP contribution is -2.46. The van der Waals surface area contributed by atoms with E-state index in [1.165, 1.54) is 6.42 Å². The molecule has 0 radical (unpaired) electrons. The van der Waals surface area contributed by atoms with Crippen molar-refractivity contribution in [2.24, 2.45) is 11.8 Å². The molecule has 2 amide bonds. The SMILES string of the molecule is CO[C@H]1CN(C)C(=O)c2ccc(NC(=O)C3CCCCC3)cc2OC[C@H](C)N(Cc2nccs2)C[C@H]1C. The van der Waals surface area contributed by atoms with E-state index < -0.39 is 0 Å². The molecule has 1 aliphatic carbocycles. The largest absolute Gasteiger partial charge is 0.491 e. The van der Waals surface area contributed by atoms with Crippen LogP contribution in [0.2, 0.25) is 0 Å². The van der Waals surface area contributed by atoms with Gasteiger partial charge in [-0.3, -0.25) is 14.5 Å². The fourth-order valence-corrected chi connectivity index (χ4v) is 5.90. The summed E-state index contributed by atoms with van der Waals surface area (Å²) in [5.74, 6) is 0.662. The van der Waals surface area contributed by atoms with Crippen LogP contribution in [0.1, 0.15) is 61.3 Å². The lowest BCUT2D eigenvalue weighted by molar-refractivity contribution is -0.120. The summed E-state index contributed by atoms with van der Waals surface area (Å²) in [4.78, 5) is 34.8. The molecule has 1 aromatic heterocycles. The Kier molecular flexibility index (Phi) is 9.56. The van der Waals surface area contributed by atoms with E-state index in [9.17, 15) is 9.59 Å². The van der Waals surface area contributed by atoms with Gasteiger partial charge < -0.3 is 19.7 Å². The molecule has 1 fully saturated rings. The zero-order valence-corrected chi connectivity index (χ0v) is 23.3. The summed E-state index contributed by atoms with van der Waals surface area (Å²) in [6.07, 6.45) is 6.99. The topological polar surface area (TPSA) is 84.0 Å². The van der Waals surface area contributed by atoms with E-state index in [1.807, 2.05) is 11.6 Å². The highest BCUT2D eigenvalue weighted by Gasteiger charge is 2.29. The first kappa shape index (κ1) is 27.5. The Morgan fingerprint density at radius 1 is 1.22 bits per heavy atom. The summed E-state index contributed by atoms with van der Waals surface area (Å²) in [5, 5.41) is 6.12. The number of carbonyl (C=O) groups excluding carboxylic acids is 2. The number of aromatic nitrogens is 1. The summed E-state index contributed by atoms with van der Waals surface area (Å²) in [5.41, 5.74) is 1.15. The quantitative estimate of drug-likeness (QED) is 0.607. The van der Waals surface area contributed by atoms with Crippen molar-refractivity contribution in [2.75, 3.05) is 39.2 Å². The lowest BCUT2D eigenvalue weighted by atomic mass is 9.88. The van der Waals surface area contributed by atoms with Gasteiger partial charge in [0.2, 0.25) is 5.91 Å². The predicted octanol–water partition coefficient (Wildman–Crippen LogP) is 4.67. The molecule has 1 aromatic carbocycles. The van der Waals surface area contributed by atoms with Crippen molar-refractivity contribution in [3.8, 4) is 5.75 Å². The van der Waals surface area contributed by atoms with Crippen LogP contribution in [0.15, 0.2) is 29.8 Å². The normalized spacial score (nSPS) is 24.5. The van der Waals surface area contributed by atoms with Crippen molar-refractivity contribution in [3.05, 3.63) is 40.3 Å². The monoisotopic (exact) mass is 528 g/mol. The zero-order chi connectivity index (χ0) is 26.4. The maximum absolute atomic E-state index is 13.4. The van der Waals surface area contributed by atoms with Crippen LogP contribution in [-0.4, -0.2) is 72.6 Å². The molecule has 37 heavy (non-hydrogen) atoms. The zero-order valence-electron chi connectivity index (χ0n) is 22.4. The number of hydrogen-bond acceptors (Lipinski definition) is 7. The molecule has 3 atom stereocenters. The van der Waals surface area contributed by atoms with E-state index in [1.54, 1.807) is 48.6 Å². The van der Waals surface area contributed by atoms with Crippen LogP contribution in [0.3, 0.4) is 0 Å². The van der Waals surface area contributed by atoms with E-state index in [0.717, 1.165) is 43.8 Å². The van der Waals surface area contributed by atoms with Crippen molar-refractivity contribution < 1.29 is 19.1 Å². The molecule has 0 saturated heterocycles. The molecular formula is C28H40N4O4S. The fourth-order valence-electron chi connectivity index (χ4n) is 5.26. The van der Waals surface area contributed by atoms with Gasteiger partial charge in [0, 0.05) is 62.5 Å². The van der Waals surface area contributed by atoms with Gasteiger partial charge in [-0.05, 0) is 37.8 Å². The van der Waals surface area contributed by atoms with Gasteiger partial charge in [0.05, 0.1) is 18.2 Å². The molecular weight excluding hydrogens is 488 g/mol. The maximum atomic E-state index is 13.4. The molecule has 202 valence electrons. The summed E-state index contributed by atoms with van der Waals surface area (Å²) < 4.78 is 12.1. The molecule has 4 rings (SSSR count). The average molecular weight is 529 g/mol. The number of hydrogen-bond donors (Lipinski definition) is 1. The molecule has 0 bridgehead atoms. The van der Waals surface area contributed by atoms with E-state index in [-0.39, 0.29) is 35.8 Å². The number of ether oxygens (including phenoxy) is 2. The van der Waals surface area contributed by atoms with Gasteiger partial charge in [-0.25, -0.2) is 4.98 Å². The molecule has 0 spiro atoms. The number of likely N-dealkylation sites (N-methyl/N-ethyl adjacent to an activating group) is 1.